The molecule has 0 saturated carbocycles. The highest BCUT2D eigenvalue weighted by Gasteiger charge is 2.07. The van der Waals surface area contributed by atoms with Crippen molar-refractivity contribution in [2.45, 2.75) is 26.5 Å². The molecule has 0 fully saturated rings. The van der Waals surface area contributed by atoms with E-state index in [1.807, 2.05) is 60.3 Å². The van der Waals surface area contributed by atoms with Crippen molar-refractivity contribution in [2.75, 3.05) is 6.54 Å². The predicted octanol–water partition coefficient (Wildman–Crippen LogP) is 4.24. The lowest BCUT2D eigenvalue weighted by molar-refractivity contribution is 0.0952. The van der Waals surface area contributed by atoms with Crippen LogP contribution in [-0.4, -0.2) is 22.2 Å². The molecule has 0 unspecified atom stereocenters. The minimum absolute atomic E-state index is 0.0918. The fraction of sp³-hybridized carbons (Fsp3) is 0.238. The smallest absolute Gasteiger partial charge is 0.251 e. The van der Waals surface area contributed by atoms with E-state index in [9.17, 15) is 4.79 Å². The molecular formula is C21H22ClN3O2. The van der Waals surface area contributed by atoms with Gasteiger partial charge in [-0.3, -0.25) is 9.48 Å². The van der Waals surface area contributed by atoms with Gasteiger partial charge in [0.05, 0.1) is 5.02 Å². The lowest BCUT2D eigenvalue weighted by Gasteiger charge is -2.10. The number of halogens is 1. The SMILES string of the molecule is Cc1ccc(Cl)c(OCc2cccc(C(=O)NCCCn3cccn3)c2)c1. The summed E-state index contributed by atoms with van der Waals surface area (Å²) in [6.45, 7) is 3.71. The van der Waals surface area contributed by atoms with E-state index in [0.29, 0.717) is 29.5 Å². The van der Waals surface area contributed by atoms with Crippen molar-refractivity contribution in [1.82, 2.24) is 15.1 Å². The molecule has 0 spiro atoms. The molecule has 3 rings (SSSR count). The molecule has 1 aromatic heterocycles. The van der Waals surface area contributed by atoms with Gasteiger partial charge in [0.25, 0.3) is 5.91 Å². The highest BCUT2D eigenvalue weighted by molar-refractivity contribution is 6.32. The van der Waals surface area contributed by atoms with Gasteiger partial charge >= 0.3 is 0 Å². The molecule has 0 atom stereocenters. The molecular weight excluding hydrogens is 362 g/mol. The Kier molecular flexibility index (Phi) is 6.49. The van der Waals surface area contributed by atoms with E-state index in [1.165, 1.54) is 0 Å². The second kappa shape index (κ2) is 9.24. The first-order valence-electron chi connectivity index (χ1n) is 8.85. The molecule has 0 aliphatic rings. The Bertz CT molecular complexity index is 894. The van der Waals surface area contributed by atoms with Crippen LogP contribution in [0.5, 0.6) is 5.75 Å². The van der Waals surface area contributed by atoms with Crippen LogP contribution in [-0.2, 0) is 13.2 Å². The van der Waals surface area contributed by atoms with Crippen LogP contribution < -0.4 is 10.1 Å². The molecule has 1 N–H and O–H groups in total. The van der Waals surface area contributed by atoms with Gasteiger partial charge in [-0.25, -0.2) is 0 Å². The number of aromatic nitrogens is 2. The Morgan fingerprint density at radius 3 is 2.93 bits per heavy atom. The summed E-state index contributed by atoms with van der Waals surface area (Å²) in [5.41, 5.74) is 2.61. The van der Waals surface area contributed by atoms with Crippen molar-refractivity contribution in [3.63, 3.8) is 0 Å². The molecule has 0 bridgehead atoms. The van der Waals surface area contributed by atoms with Crippen molar-refractivity contribution in [2.24, 2.45) is 0 Å². The Hall–Kier alpha value is -2.79. The van der Waals surface area contributed by atoms with Crippen molar-refractivity contribution in [3.8, 4) is 5.75 Å². The second-order valence-electron chi connectivity index (χ2n) is 6.30. The maximum atomic E-state index is 12.3. The van der Waals surface area contributed by atoms with Crippen LogP contribution in [0.3, 0.4) is 0 Å². The molecule has 140 valence electrons. The van der Waals surface area contributed by atoms with E-state index >= 15 is 0 Å². The fourth-order valence-corrected chi connectivity index (χ4v) is 2.83. The number of carbonyl (C=O) groups is 1. The van der Waals surface area contributed by atoms with Crippen LogP contribution >= 0.6 is 11.6 Å². The first-order valence-corrected chi connectivity index (χ1v) is 9.23. The maximum absolute atomic E-state index is 12.3. The summed E-state index contributed by atoms with van der Waals surface area (Å²) in [5.74, 6) is 0.552. The third kappa shape index (κ3) is 5.59. The van der Waals surface area contributed by atoms with Crippen LogP contribution in [0.2, 0.25) is 5.02 Å². The van der Waals surface area contributed by atoms with Crippen LogP contribution in [0, 0.1) is 6.92 Å². The van der Waals surface area contributed by atoms with Crippen LogP contribution in [0.25, 0.3) is 0 Å². The molecule has 0 saturated heterocycles. The van der Waals surface area contributed by atoms with Gasteiger partial charge in [0.15, 0.2) is 0 Å². The first-order chi connectivity index (χ1) is 13.1. The molecule has 1 amide bonds. The maximum Gasteiger partial charge on any atom is 0.251 e. The number of hydrogen-bond donors (Lipinski definition) is 1. The summed E-state index contributed by atoms with van der Waals surface area (Å²) in [6.07, 6.45) is 4.48. The van der Waals surface area contributed by atoms with E-state index in [4.69, 9.17) is 16.3 Å². The zero-order valence-corrected chi connectivity index (χ0v) is 15.9. The predicted molar refractivity (Wildman–Crippen MR) is 106 cm³/mol. The summed E-state index contributed by atoms with van der Waals surface area (Å²) in [5, 5.41) is 7.65. The van der Waals surface area contributed by atoms with Gasteiger partial charge in [-0.1, -0.05) is 29.8 Å². The average molecular weight is 384 g/mol. The number of benzene rings is 2. The second-order valence-corrected chi connectivity index (χ2v) is 6.71. The van der Waals surface area contributed by atoms with Gasteiger partial charge in [-0.15, -0.1) is 0 Å². The summed E-state index contributed by atoms with van der Waals surface area (Å²) in [7, 11) is 0. The average Bonchev–Trinajstić information content (AvgIpc) is 3.19. The lowest BCUT2D eigenvalue weighted by Crippen LogP contribution is -2.25. The monoisotopic (exact) mass is 383 g/mol. The number of nitrogens with zero attached hydrogens (tertiary/aromatic N) is 2. The number of ether oxygens (including phenoxy) is 1. The van der Waals surface area contributed by atoms with Gasteiger partial charge in [-0.2, -0.15) is 5.10 Å². The van der Waals surface area contributed by atoms with Gasteiger partial charge in [-0.05, 0) is 54.8 Å². The number of nitrogens with one attached hydrogen (secondary N) is 1. The van der Waals surface area contributed by atoms with Gasteiger partial charge in [0.1, 0.15) is 12.4 Å². The van der Waals surface area contributed by atoms with Gasteiger partial charge < -0.3 is 10.1 Å². The van der Waals surface area contributed by atoms with Gasteiger partial charge in [0, 0.05) is 31.0 Å². The van der Waals surface area contributed by atoms with Gasteiger partial charge in [0.2, 0.25) is 0 Å². The summed E-state index contributed by atoms with van der Waals surface area (Å²) >= 11 is 6.16. The Labute approximate surface area is 163 Å². The Balaban J connectivity index is 1.51. The molecule has 1 heterocycles. The molecule has 0 aliphatic heterocycles. The highest BCUT2D eigenvalue weighted by atomic mass is 35.5. The van der Waals surface area contributed by atoms with Crippen LogP contribution in [0.15, 0.2) is 60.9 Å². The molecule has 3 aromatic rings. The summed E-state index contributed by atoms with van der Waals surface area (Å²) in [6, 6.07) is 15.0. The Morgan fingerprint density at radius 2 is 2.11 bits per heavy atom. The van der Waals surface area contributed by atoms with Crippen molar-refractivity contribution in [3.05, 3.63) is 82.6 Å². The summed E-state index contributed by atoms with van der Waals surface area (Å²) in [4.78, 5) is 12.3. The van der Waals surface area contributed by atoms with Crippen molar-refractivity contribution < 1.29 is 9.53 Å². The number of amides is 1. The molecule has 5 nitrogen and oxygen atoms in total. The molecule has 0 radical (unpaired) electrons. The largest absolute Gasteiger partial charge is 0.487 e. The van der Waals surface area contributed by atoms with E-state index in [0.717, 1.165) is 24.1 Å². The molecule has 0 aliphatic carbocycles. The van der Waals surface area contributed by atoms with E-state index in [-0.39, 0.29) is 5.91 Å². The minimum atomic E-state index is -0.0918. The number of aryl methyl sites for hydroxylation is 2. The van der Waals surface area contributed by atoms with E-state index < -0.39 is 0 Å². The third-order valence-corrected chi connectivity index (χ3v) is 4.39. The van der Waals surface area contributed by atoms with E-state index in [2.05, 4.69) is 10.4 Å². The lowest BCUT2D eigenvalue weighted by atomic mass is 10.1. The highest BCUT2D eigenvalue weighted by Crippen LogP contribution is 2.26. The minimum Gasteiger partial charge on any atom is -0.487 e. The topological polar surface area (TPSA) is 56.1 Å². The standard InChI is InChI=1S/C21H22ClN3O2/c1-16-7-8-19(22)20(13-16)27-15-17-5-2-6-18(14-17)21(26)23-9-3-11-25-12-4-10-24-25/h2,4-8,10,12-14H,3,9,11,15H2,1H3,(H,23,26). The fourth-order valence-electron chi connectivity index (χ4n) is 2.66. The number of rotatable bonds is 8. The quantitative estimate of drug-likeness (QED) is 0.592. The van der Waals surface area contributed by atoms with Crippen molar-refractivity contribution in [1.29, 1.82) is 0 Å². The van der Waals surface area contributed by atoms with Crippen molar-refractivity contribution >= 4 is 17.5 Å². The number of carbonyl (C=O) groups excluding carboxylic acids is 1. The van der Waals surface area contributed by atoms with Crippen LogP contribution in [0.1, 0.15) is 27.9 Å². The third-order valence-electron chi connectivity index (χ3n) is 4.08. The first kappa shape index (κ1) is 19.0. The van der Waals surface area contributed by atoms with Crippen LogP contribution in [0.4, 0.5) is 0 Å². The zero-order valence-electron chi connectivity index (χ0n) is 15.2. The van der Waals surface area contributed by atoms with E-state index in [1.54, 1.807) is 12.3 Å². The zero-order chi connectivity index (χ0) is 19.1. The molecule has 27 heavy (non-hydrogen) atoms. The molecule has 6 heteroatoms. The summed E-state index contributed by atoms with van der Waals surface area (Å²) < 4.78 is 7.65. The normalized spacial score (nSPS) is 10.6. The number of hydrogen-bond acceptors (Lipinski definition) is 3. The Morgan fingerprint density at radius 1 is 1.22 bits per heavy atom. The molecule has 2 aromatic carbocycles.